The van der Waals surface area contributed by atoms with Gasteiger partial charge in [-0.2, -0.15) is 0 Å². The second-order valence-electron chi connectivity index (χ2n) is 8.54. The number of morpholine rings is 1. The number of aryl methyl sites for hydroxylation is 2. The Morgan fingerprint density at radius 1 is 1.06 bits per heavy atom. The third-order valence-electron chi connectivity index (χ3n) is 6.38. The molecule has 4 rings (SSSR count). The van der Waals surface area contributed by atoms with Crippen LogP contribution in [0.25, 0.3) is 5.76 Å². The molecule has 1 atom stereocenters. The maximum atomic E-state index is 13.2. The van der Waals surface area contributed by atoms with E-state index in [1.165, 1.54) is 0 Å². The minimum Gasteiger partial charge on any atom is -0.507 e. The van der Waals surface area contributed by atoms with Crippen LogP contribution >= 0.6 is 0 Å². The predicted molar refractivity (Wildman–Crippen MR) is 125 cm³/mol. The lowest BCUT2D eigenvalue weighted by molar-refractivity contribution is -0.140. The highest BCUT2D eigenvalue weighted by Crippen LogP contribution is 2.40. The van der Waals surface area contributed by atoms with Gasteiger partial charge in [-0.25, -0.2) is 0 Å². The van der Waals surface area contributed by atoms with Gasteiger partial charge >= 0.3 is 0 Å². The summed E-state index contributed by atoms with van der Waals surface area (Å²) in [5.41, 5.74) is 3.27. The lowest BCUT2D eigenvalue weighted by atomic mass is 9.93. The van der Waals surface area contributed by atoms with E-state index in [9.17, 15) is 14.7 Å². The molecule has 7 heteroatoms. The number of aliphatic hydroxyl groups is 1. The molecule has 2 aromatic rings. The van der Waals surface area contributed by atoms with Crippen molar-refractivity contribution in [2.45, 2.75) is 19.9 Å². The molecule has 2 aromatic carbocycles. The summed E-state index contributed by atoms with van der Waals surface area (Å²) in [5.74, 6) is -0.741. The maximum Gasteiger partial charge on any atom is 0.295 e. The van der Waals surface area contributed by atoms with Crippen molar-refractivity contribution in [3.05, 3.63) is 70.3 Å². The van der Waals surface area contributed by atoms with Gasteiger partial charge in [-0.05, 0) is 43.2 Å². The summed E-state index contributed by atoms with van der Waals surface area (Å²) in [7, 11) is 1.58. The molecular formula is C26H30N2O5. The van der Waals surface area contributed by atoms with Crippen molar-refractivity contribution in [1.29, 1.82) is 0 Å². The molecule has 2 heterocycles. The van der Waals surface area contributed by atoms with Crippen LogP contribution in [0.2, 0.25) is 0 Å². The smallest absolute Gasteiger partial charge is 0.295 e. The summed E-state index contributed by atoms with van der Waals surface area (Å²) in [6.45, 7) is 7.77. The van der Waals surface area contributed by atoms with Gasteiger partial charge in [-0.1, -0.05) is 29.8 Å². The number of benzene rings is 2. The van der Waals surface area contributed by atoms with Crippen molar-refractivity contribution in [2.24, 2.45) is 0 Å². The SMILES string of the molecule is COc1ccc(/C(O)=C2/C(=O)C(=O)N(CCN3CCOCC3)C2c2ccc(C)cc2)c(C)c1. The quantitative estimate of drug-likeness (QED) is 0.414. The van der Waals surface area contributed by atoms with E-state index in [4.69, 9.17) is 9.47 Å². The van der Waals surface area contributed by atoms with Crippen LogP contribution in [0.15, 0.2) is 48.0 Å². The average molecular weight is 451 g/mol. The van der Waals surface area contributed by atoms with Crippen LogP contribution < -0.4 is 4.74 Å². The number of ether oxygens (including phenoxy) is 2. The molecule has 0 radical (unpaired) electrons. The lowest BCUT2D eigenvalue weighted by Gasteiger charge is -2.31. The zero-order valence-electron chi connectivity index (χ0n) is 19.3. The van der Waals surface area contributed by atoms with E-state index in [1.54, 1.807) is 30.2 Å². The molecule has 33 heavy (non-hydrogen) atoms. The van der Waals surface area contributed by atoms with Crippen molar-refractivity contribution in [1.82, 2.24) is 9.80 Å². The van der Waals surface area contributed by atoms with Crippen molar-refractivity contribution in [2.75, 3.05) is 46.5 Å². The highest BCUT2D eigenvalue weighted by atomic mass is 16.5. The summed E-state index contributed by atoms with van der Waals surface area (Å²) in [5, 5.41) is 11.3. The normalized spacial score (nSPS) is 20.9. The number of carbonyl (C=O) groups excluding carboxylic acids is 2. The number of Topliss-reactive ketones (excluding diaryl/α,β-unsaturated/α-hetero) is 1. The molecule has 0 spiro atoms. The monoisotopic (exact) mass is 450 g/mol. The molecule has 1 N–H and O–H groups in total. The van der Waals surface area contributed by atoms with E-state index in [2.05, 4.69) is 4.90 Å². The molecule has 0 saturated carbocycles. The number of hydrogen-bond donors (Lipinski definition) is 1. The Hall–Kier alpha value is -3.16. The average Bonchev–Trinajstić information content (AvgIpc) is 3.08. The molecule has 1 amide bonds. The maximum absolute atomic E-state index is 13.2. The van der Waals surface area contributed by atoms with Gasteiger partial charge in [0, 0.05) is 31.7 Å². The largest absolute Gasteiger partial charge is 0.507 e. The molecule has 2 fully saturated rings. The first-order chi connectivity index (χ1) is 15.9. The summed E-state index contributed by atoms with van der Waals surface area (Å²) < 4.78 is 10.7. The third-order valence-corrected chi connectivity index (χ3v) is 6.38. The number of hydrogen-bond acceptors (Lipinski definition) is 6. The summed E-state index contributed by atoms with van der Waals surface area (Å²) in [6, 6.07) is 12.3. The van der Waals surface area contributed by atoms with Gasteiger partial charge in [0.25, 0.3) is 11.7 Å². The molecule has 2 aliphatic heterocycles. The third kappa shape index (κ3) is 4.65. The predicted octanol–water partition coefficient (Wildman–Crippen LogP) is 3.07. The number of amides is 1. The fourth-order valence-corrected chi connectivity index (χ4v) is 4.45. The van der Waals surface area contributed by atoms with Gasteiger partial charge in [0.1, 0.15) is 11.5 Å². The van der Waals surface area contributed by atoms with Gasteiger partial charge in [0.05, 0.1) is 31.9 Å². The van der Waals surface area contributed by atoms with Crippen LogP contribution in [0.4, 0.5) is 0 Å². The molecule has 0 aliphatic carbocycles. The molecule has 2 saturated heterocycles. The summed E-state index contributed by atoms with van der Waals surface area (Å²) in [4.78, 5) is 30.1. The Bertz CT molecular complexity index is 1070. The minimum atomic E-state index is -0.657. The molecule has 7 nitrogen and oxygen atoms in total. The number of likely N-dealkylation sites (tertiary alicyclic amines) is 1. The van der Waals surface area contributed by atoms with Gasteiger partial charge in [-0.15, -0.1) is 0 Å². The Morgan fingerprint density at radius 3 is 2.39 bits per heavy atom. The van der Waals surface area contributed by atoms with E-state index < -0.39 is 17.7 Å². The van der Waals surface area contributed by atoms with Crippen molar-refractivity contribution in [3.8, 4) is 5.75 Å². The van der Waals surface area contributed by atoms with Gasteiger partial charge in [0.15, 0.2) is 0 Å². The molecule has 0 aromatic heterocycles. The van der Waals surface area contributed by atoms with E-state index >= 15 is 0 Å². The first-order valence-corrected chi connectivity index (χ1v) is 11.2. The highest BCUT2D eigenvalue weighted by Gasteiger charge is 2.46. The van der Waals surface area contributed by atoms with E-state index in [0.29, 0.717) is 37.6 Å². The zero-order chi connectivity index (χ0) is 23.5. The van der Waals surface area contributed by atoms with Gasteiger partial charge < -0.3 is 19.5 Å². The first kappa shape index (κ1) is 23.0. The summed E-state index contributed by atoms with van der Waals surface area (Å²) in [6.07, 6.45) is 0. The van der Waals surface area contributed by atoms with Crippen LogP contribution in [0, 0.1) is 13.8 Å². The Balaban J connectivity index is 1.75. The number of nitrogens with zero attached hydrogens (tertiary/aromatic N) is 2. The standard InChI is InChI=1S/C26H30N2O5/c1-17-4-6-19(7-5-17)23-22(24(29)21-9-8-20(32-3)16-18(21)2)25(30)26(31)28(23)11-10-27-12-14-33-15-13-27/h4-9,16,23,29H,10-15H2,1-3H3/b24-22-. The van der Waals surface area contributed by atoms with Gasteiger partial charge in [-0.3, -0.25) is 14.5 Å². The molecular weight excluding hydrogens is 420 g/mol. The van der Waals surface area contributed by atoms with Crippen molar-refractivity contribution < 1.29 is 24.2 Å². The van der Waals surface area contributed by atoms with Crippen LogP contribution in [-0.4, -0.2) is 73.1 Å². The van der Waals surface area contributed by atoms with Crippen molar-refractivity contribution >= 4 is 17.4 Å². The Labute approximate surface area is 194 Å². The molecule has 1 unspecified atom stereocenters. The number of ketones is 1. The second-order valence-corrected chi connectivity index (χ2v) is 8.54. The molecule has 2 aliphatic rings. The zero-order valence-corrected chi connectivity index (χ0v) is 19.3. The summed E-state index contributed by atoms with van der Waals surface area (Å²) >= 11 is 0. The van der Waals surface area contributed by atoms with Crippen LogP contribution in [0.1, 0.15) is 28.3 Å². The lowest BCUT2D eigenvalue weighted by Crippen LogP contribution is -2.42. The van der Waals surface area contributed by atoms with E-state index in [-0.39, 0.29) is 11.3 Å². The Morgan fingerprint density at radius 2 is 1.76 bits per heavy atom. The van der Waals surface area contributed by atoms with Gasteiger partial charge in [0.2, 0.25) is 0 Å². The second kappa shape index (κ2) is 9.77. The number of methoxy groups -OCH3 is 1. The van der Waals surface area contributed by atoms with Crippen LogP contribution in [0.3, 0.4) is 0 Å². The topological polar surface area (TPSA) is 79.3 Å². The highest BCUT2D eigenvalue weighted by molar-refractivity contribution is 6.46. The fourth-order valence-electron chi connectivity index (χ4n) is 4.45. The van der Waals surface area contributed by atoms with E-state index in [1.807, 2.05) is 38.1 Å². The first-order valence-electron chi connectivity index (χ1n) is 11.2. The minimum absolute atomic E-state index is 0.124. The molecule has 0 bridgehead atoms. The number of aliphatic hydroxyl groups excluding tert-OH is 1. The molecule has 174 valence electrons. The Kier molecular flexibility index (Phi) is 6.81. The van der Waals surface area contributed by atoms with E-state index in [0.717, 1.165) is 29.8 Å². The number of carbonyl (C=O) groups is 2. The van der Waals surface area contributed by atoms with Crippen molar-refractivity contribution in [3.63, 3.8) is 0 Å². The van der Waals surface area contributed by atoms with Crippen LogP contribution in [-0.2, 0) is 14.3 Å². The van der Waals surface area contributed by atoms with Crippen LogP contribution in [0.5, 0.6) is 5.75 Å². The number of rotatable bonds is 6. The fraction of sp³-hybridized carbons (Fsp3) is 0.385.